The van der Waals surface area contributed by atoms with E-state index < -0.39 is 17.5 Å². The van der Waals surface area contributed by atoms with Gasteiger partial charge in [0.15, 0.2) is 0 Å². The van der Waals surface area contributed by atoms with Crippen LogP contribution in [0.4, 0.5) is 4.39 Å². The number of aromatic amines is 1. The monoisotopic (exact) mass is 446 g/mol. The van der Waals surface area contributed by atoms with Crippen LogP contribution in [0.3, 0.4) is 0 Å². The van der Waals surface area contributed by atoms with Crippen LogP contribution in [0.5, 0.6) is 0 Å². The number of nitrogens with zero attached hydrogens (tertiary/aromatic N) is 5. The van der Waals surface area contributed by atoms with E-state index in [1.807, 2.05) is 6.07 Å². The highest BCUT2D eigenvalue weighted by molar-refractivity contribution is 6.45. The lowest BCUT2D eigenvalue weighted by molar-refractivity contribution is -0.127. The zero-order valence-corrected chi connectivity index (χ0v) is 17.4. The van der Waals surface area contributed by atoms with E-state index in [0.29, 0.717) is 29.9 Å². The van der Waals surface area contributed by atoms with Gasteiger partial charge in [-0.15, -0.1) is 0 Å². The van der Waals surface area contributed by atoms with Crippen LogP contribution in [-0.4, -0.2) is 73.3 Å². The molecule has 5 rings (SSSR count). The van der Waals surface area contributed by atoms with Gasteiger partial charge in [0.05, 0.1) is 16.8 Å². The number of carbonyl (C=O) groups excluding carboxylic acids is 3. The molecule has 1 saturated heterocycles. The topological polar surface area (TPSA) is 104 Å². The summed E-state index contributed by atoms with van der Waals surface area (Å²) in [4.78, 5) is 48.4. The number of amides is 2. The predicted molar refractivity (Wildman–Crippen MR) is 116 cm³/mol. The van der Waals surface area contributed by atoms with Crippen molar-refractivity contribution in [2.24, 2.45) is 0 Å². The summed E-state index contributed by atoms with van der Waals surface area (Å²) in [5.74, 6) is -2.27. The first-order valence-electron chi connectivity index (χ1n) is 10.4. The molecule has 0 radical (unpaired) electrons. The molecule has 166 valence electrons. The number of fused-ring (bicyclic) bond motifs is 1. The van der Waals surface area contributed by atoms with Crippen molar-refractivity contribution >= 4 is 28.5 Å². The van der Waals surface area contributed by atoms with Crippen LogP contribution >= 0.6 is 0 Å². The molecule has 1 fully saturated rings. The highest BCUT2D eigenvalue weighted by atomic mass is 19.1. The number of H-pyrrole nitrogens is 1. The molecule has 0 unspecified atom stereocenters. The number of aromatic nitrogens is 4. The Labute approximate surface area is 187 Å². The van der Waals surface area contributed by atoms with Gasteiger partial charge in [-0.25, -0.2) is 14.1 Å². The van der Waals surface area contributed by atoms with Crippen molar-refractivity contribution in [3.05, 3.63) is 78.3 Å². The number of carbonyl (C=O) groups is 3. The van der Waals surface area contributed by atoms with Crippen LogP contribution in [-0.2, 0) is 4.79 Å². The third-order valence-corrected chi connectivity index (χ3v) is 5.74. The van der Waals surface area contributed by atoms with Gasteiger partial charge in [0.25, 0.3) is 17.6 Å². The fraction of sp³-hybridized carbons (Fsp3) is 0.174. The molecule has 0 aliphatic carbocycles. The predicted octanol–water partition coefficient (Wildman–Crippen LogP) is 2.05. The highest BCUT2D eigenvalue weighted by Gasteiger charge is 2.31. The largest absolute Gasteiger partial charge is 0.359 e. The van der Waals surface area contributed by atoms with Crippen molar-refractivity contribution in [3.63, 3.8) is 0 Å². The Morgan fingerprint density at radius 2 is 1.67 bits per heavy atom. The summed E-state index contributed by atoms with van der Waals surface area (Å²) >= 11 is 0. The number of Topliss-reactive ketones (excluding diaryl/α,β-unsaturated/α-hetero) is 1. The smallest absolute Gasteiger partial charge is 0.295 e. The van der Waals surface area contributed by atoms with Crippen LogP contribution < -0.4 is 0 Å². The Kier molecular flexibility index (Phi) is 5.17. The number of nitrogens with one attached hydrogen (secondary N) is 1. The lowest BCUT2D eigenvalue weighted by Gasteiger charge is -2.34. The molecule has 2 aromatic heterocycles. The van der Waals surface area contributed by atoms with E-state index in [9.17, 15) is 18.8 Å². The Balaban J connectivity index is 1.34. The molecule has 9 nitrogen and oxygen atoms in total. The molecule has 10 heteroatoms. The number of rotatable bonds is 4. The van der Waals surface area contributed by atoms with E-state index in [1.165, 1.54) is 40.6 Å². The van der Waals surface area contributed by atoms with Crippen LogP contribution in [0, 0.1) is 5.82 Å². The van der Waals surface area contributed by atoms with Crippen molar-refractivity contribution in [1.82, 2.24) is 29.5 Å². The van der Waals surface area contributed by atoms with E-state index in [-0.39, 0.29) is 29.9 Å². The van der Waals surface area contributed by atoms with Crippen molar-refractivity contribution in [3.8, 4) is 5.69 Å². The molecule has 1 aliphatic heterocycles. The number of hydrogen-bond acceptors (Lipinski definition) is 5. The van der Waals surface area contributed by atoms with Gasteiger partial charge in [0.2, 0.25) is 0 Å². The lowest BCUT2D eigenvalue weighted by atomic mass is 10.1. The average Bonchev–Trinajstić information content (AvgIpc) is 3.55. The SMILES string of the molecule is O=C(C(=O)N1CCN(C(=O)c2ccccc2)CC1)c1c[nH]c2c(-n3cncn3)ccc(F)c12. The molecule has 0 bridgehead atoms. The first-order valence-corrected chi connectivity index (χ1v) is 10.4. The number of benzene rings is 2. The molecule has 0 spiro atoms. The normalized spacial score (nSPS) is 14.0. The zero-order valence-electron chi connectivity index (χ0n) is 17.4. The van der Waals surface area contributed by atoms with Crippen LogP contribution in [0.1, 0.15) is 20.7 Å². The lowest BCUT2D eigenvalue weighted by Crippen LogP contribution is -2.52. The number of piperazine rings is 1. The van der Waals surface area contributed by atoms with Gasteiger partial charge in [-0.2, -0.15) is 5.10 Å². The summed E-state index contributed by atoms with van der Waals surface area (Å²) in [6, 6.07) is 11.6. The summed E-state index contributed by atoms with van der Waals surface area (Å²) in [5.41, 5.74) is 1.38. The number of halogens is 1. The second-order valence-electron chi connectivity index (χ2n) is 7.64. The summed E-state index contributed by atoms with van der Waals surface area (Å²) in [7, 11) is 0. The van der Waals surface area contributed by atoms with Crippen LogP contribution in [0.2, 0.25) is 0 Å². The maximum Gasteiger partial charge on any atom is 0.295 e. The summed E-state index contributed by atoms with van der Waals surface area (Å²) < 4.78 is 16.1. The molecule has 2 aromatic carbocycles. The van der Waals surface area contributed by atoms with Crippen molar-refractivity contribution in [2.75, 3.05) is 26.2 Å². The van der Waals surface area contributed by atoms with Gasteiger partial charge >= 0.3 is 0 Å². The van der Waals surface area contributed by atoms with Gasteiger partial charge in [-0.05, 0) is 24.3 Å². The fourth-order valence-electron chi connectivity index (χ4n) is 4.03. The second-order valence-corrected chi connectivity index (χ2v) is 7.64. The summed E-state index contributed by atoms with van der Waals surface area (Å²) in [6.45, 7) is 1.06. The van der Waals surface area contributed by atoms with Gasteiger partial charge in [0, 0.05) is 43.3 Å². The minimum absolute atomic E-state index is 0.0271. The van der Waals surface area contributed by atoms with Gasteiger partial charge in [-0.1, -0.05) is 18.2 Å². The third kappa shape index (κ3) is 3.65. The van der Waals surface area contributed by atoms with Crippen molar-refractivity contribution in [1.29, 1.82) is 0 Å². The Morgan fingerprint density at radius 3 is 2.36 bits per heavy atom. The van der Waals surface area contributed by atoms with Gasteiger partial charge in [-0.3, -0.25) is 14.4 Å². The molecular formula is C23H19FN6O3. The Bertz CT molecular complexity index is 1340. The van der Waals surface area contributed by atoms with Crippen LogP contribution in [0.25, 0.3) is 16.6 Å². The van der Waals surface area contributed by atoms with Crippen LogP contribution in [0.15, 0.2) is 61.3 Å². The van der Waals surface area contributed by atoms with Gasteiger partial charge < -0.3 is 14.8 Å². The fourth-order valence-corrected chi connectivity index (χ4v) is 4.03. The van der Waals surface area contributed by atoms with Gasteiger partial charge in [0.1, 0.15) is 18.5 Å². The maximum absolute atomic E-state index is 14.7. The standard InChI is InChI=1S/C23H19FN6O3/c24-17-6-7-18(30-14-25-13-27-30)20-19(17)16(12-26-20)21(31)23(33)29-10-8-28(9-11-29)22(32)15-4-2-1-3-5-15/h1-7,12-14,26H,8-11H2. The number of ketones is 1. The van der Waals surface area contributed by atoms with E-state index in [4.69, 9.17) is 0 Å². The first-order chi connectivity index (χ1) is 16.0. The second kappa shape index (κ2) is 8.30. The molecule has 4 aromatic rings. The molecule has 1 aliphatic rings. The summed E-state index contributed by atoms with van der Waals surface area (Å²) in [6.07, 6.45) is 4.13. The zero-order chi connectivity index (χ0) is 22.9. The highest BCUT2D eigenvalue weighted by Crippen LogP contribution is 2.27. The van der Waals surface area contributed by atoms with Crippen molar-refractivity contribution in [2.45, 2.75) is 0 Å². The number of hydrogen-bond donors (Lipinski definition) is 1. The molecule has 3 heterocycles. The Morgan fingerprint density at radius 1 is 0.939 bits per heavy atom. The molecule has 0 atom stereocenters. The minimum atomic E-state index is -0.807. The third-order valence-electron chi connectivity index (χ3n) is 5.74. The molecule has 33 heavy (non-hydrogen) atoms. The average molecular weight is 446 g/mol. The van der Waals surface area contributed by atoms with E-state index in [0.717, 1.165) is 0 Å². The quantitative estimate of drug-likeness (QED) is 0.382. The van der Waals surface area contributed by atoms with Crippen molar-refractivity contribution < 1.29 is 18.8 Å². The maximum atomic E-state index is 14.7. The molecule has 0 saturated carbocycles. The first kappa shape index (κ1) is 20.6. The van der Waals surface area contributed by atoms with E-state index in [1.54, 1.807) is 29.2 Å². The molecule has 2 amide bonds. The Hall–Kier alpha value is -4.34. The minimum Gasteiger partial charge on any atom is -0.359 e. The summed E-state index contributed by atoms with van der Waals surface area (Å²) in [5, 5.41) is 4.07. The van der Waals surface area contributed by atoms with E-state index in [2.05, 4.69) is 15.1 Å². The van der Waals surface area contributed by atoms with E-state index >= 15 is 0 Å². The molecule has 1 N–H and O–H groups in total. The molecular weight excluding hydrogens is 427 g/mol.